The molecule has 2 N–H and O–H groups in total. The van der Waals surface area contributed by atoms with Gasteiger partial charge in [0.2, 0.25) is 0 Å². The number of methoxy groups -OCH3 is 1. The van der Waals surface area contributed by atoms with Crippen molar-refractivity contribution in [3.8, 4) is 11.5 Å². The van der Waals surface area contributed by atoms with Gasteiger partial charge >= 0.3 is 0 Å². The van der Waals surface area contributed by atoms with Crippen molar-refractivity contribution in [2.24, 2.45) is 0 Å². The lowest BCUT2D eigenvalue weighted by Gasteiger charge is -2.22. The van der Waals surface area contributed by atoms with E-state index >= 15 is 0 Å². The highest BCUT2D eigenvalue weighted by Gasteiger charge is 2.20. The van der Waals surface area contributed by atoms with Crippen LogP contribution in [-0.2, 0) is 19.3 Å². The molecular formula is C14H21NO2. The van der Waals surface area contributed by atoms with Gasteiger partial charge < -0.3 is 15.2 Å². The molecule has 1 aliphatic rings. The summed E-state index contributed by atoms with van der Waals surface area (Å²) in [5.74, 6) is 1.44. The Morgan fingerprint density at radius 2 is 2.00 bits per heavy atom. The predicted octanol–water partition coefficient (Wildman–Crippen LogP) is 2.04. The molecule has 3 heteroatoms. The Labute approximate surface area is 103 Å². The second kappa shape index (κ2) is 5.41. The van der Waals surface area contributed by atoms with Crippen molar-refractivity contribution in [1.82, 2.24) is 5.32 Å². The minimum atomic E-state index is 0.496. The van der Waals surface area contributed by atoms with Crippen molar-refractivity contribution in [1.29, 1.82) is 0 Å². The molecule has 0 fully saturated rings. The van der Waals surface area contributed by atoms with Gasteiger partial charge in [-0.15, -0.1) is 0 Å². The largest absolute Gasteiger partial charge is 0.507 e. The maximum Gasteiger partial charge on any atom is 0.122 e. The molecule has 0 bridgehead atoms. The summed E-state index contributed by atoms with van der Waals surface area (Å²) in [6.07, 6.45) is 5.20. The van der Waals surface area contributed by atoms with E-state index in [1.807, 2.05) is 13.1 Å². The Morgan fingerprint density at radius 3 is 2.65 bits per heavy atom. The molecule has 2 rings (SSSR count). The van der Waals surface area contributed by atoms with Crippen molar-refractivity contribution < 1.29 is 9.84 Å². The molecule has 0 atom stereocenters. The van der Waals surface area contributed by atoms with E-state index in [2.05, 4.69) is 5.32 Å². The molecule has 0 heterocycles. The van der Waals surface area contributed by atoms with Gasteiger partial charge in [-0.2, -0.15) is 0 Å². The first-order chi connectivity index (χ1) is 8.27. The summed E-state index contributed by atoms with van der Waals surface area (Å²) < 4.78 is 5.46. The van der Waals surface area contributed by atoms with E-state index in [0.29, 0.717) is 5.75 Å². The molecule has 94 valence electrons. The Balaban J connectivity index is 2.41. The average Bonchev–Trinajstić information content (AvgIpc) is 2.38. The summed E-state index contributed by atoms with van der Waals surface area (Å²) in [6.45, 7) is 0.871. The van der Waals surface area contributed by atoms with E-state index in [1.54, 1.807) is 7.11 Å². The minimum Gasteiger partial charge on any atom is -0.507 e. The SMILES string of the molecule is CNCCc1cc(OC)c2c(c1O)CCCC2. The van der Waals surface area contributed by atoms with Crippen molar-refractivity contribution in [3.05, 3.63) is 22.8 Å². The maximum atomic E-state index is 10.3. The third-order valence-electron chi connectivity index (χ3n) is 3.52. The van der Waals surface area contributed by atoms with Crippen LogP contribution in [0.4, 0.5) is 0 Å². The standard InChI is InChI=1S/C14H21NO2/c1-15-8-7-10-9-13(17-2)11-5-3-4-6-12(11)14(10)16/h9,15-16H,3-8H2,1-2H3. The smallest absolute Gasteiger partial charge is 0.122 e. The second-order valence-corrected chi connectivity index (χ2v) is 4.60. The quantitative estimate of drug-likeness (QED) is 0.839. The first-order valence-electron chi connectivity index (χ1n) is 6.33. The van der Waals surface area contributed by atoms with E-state index in [1.165, 1.54) is 18.4 Å². The van der Waals surface area contributed by atoms with Gasteiger partial charge in [0.05, 0.1) is 7.11 Å². The van der Waals surface area contributed by atoms with E-state index in [4.69, 9.17) is 4.74 Å². The molecule has 0 amide bonds. The summed E-state index contributed by atoms with van der Waals surface area (Å²) in [6, 6.07) is 2.00. The molecule has 1 aliphatic carbocycles. The molecule has 0 spiro atoms. The summed E-state index contributed by atoms with van der Waals surface area (Å²) >= 11 is 0. The maximum absolute atomic E-state index is 10.3. The van der Waals surface area contributed by atoms with Gasteiger partial charge in [0.15, 0.2) is 0 Å². The molecule has 0 unspecified atom stereocenters. The van der Waals surface area contributed by atoms with E-state index in [-0.39, 0.29) is 0 Å². The zero-order valence-corrected chi connectivity index (χ0v) is 10.7. The minimum absolute atomic E-state index is 0.496. The van der Waals surface area contributed by atoms with Gasteiger partial charge in [-0.05, 0) is 57.3 Å². The zero-order valence-electron chi connectivity index (χ0n) is 10.7. The number of fused-ring (bicyclic) bond motifs is 1. The summed E-state index contributed by atoms with van der Waals surface area (Å²) in [5, 5.41) is 13.4. The summed E-state index contributed by atoms with van der Waals surface area (Å²) in [4.78, 5) is 0. The Kier molecular flexibility index (Phi) is 3.89. The van der Waals surface area contributed by atoms with Gasteiger partial charge in [-0.3, -0.25) is 0 Å². The third kappa shape index (κ3) is 2.39. The summed E-state index contributed by atoms with van der Waals surface area (Å²) in [7, 11) is 3.63. The normalized spacial score (nSPS) is 14.5. The highest BCUT2D eigenvalue weighted by molar-refractivity contribution is 5.54. The van der Waals surface area contributed by atoms with Crippen molar-refractivity contribution in [2.45, 2.75) is 32.1 Å². The van der Waals surface area contributed by atoms with E-state index in [0.717, 1.165) is 42.7 Å². The number of hydrogen-bond donors (Lipinski definition) is 2. The lowest BCUT2D eigenvalue weighted by atomic mass is 9.88. The average molecular weight is 235 g/mol. The number of ether oxygens (including phenoxy) is 1. The lowest BCUT2D eigenvalue weighted by molar-refractivity contribution is 0.398. The lowest BCUT2D eigenvalue weighted by Crippen LogP contribution is -2.12. The number of phenols is 1. The van der Waals surface area contributed by atoms with Gasteiger partial charge in [0.1, 0.15) is 11.5 Å². The molecule has 0 saturated heterocycles. The van der Waals surface area contributed by atoms with Gasteiger partial charge in [0, 0.05) is 11.1 Å². The molecule has 17 heavy (non-hydrogen) atoms. The van der Waals surface area contributed by atoms with Crippen molar-refractivity contribution >= 4 is 0 Å². The number of rotatable bonds is 4. The fourth-order valence-corrected chi connectivity index (χ4v) is 2.58. The molecule has 0 saturated carbocycles. The molecular weight excluding hydrogens is 214 g/mol. The predicted molar refractivity (Wildman–Crippen MR) is 68.9 cm³/mol. The zero-order chi connectivity index (χ0) is 12.3. The van der Waals surface area contributed by atoms with Crippen LogP contribution in [-0.4, -0.2) is 25.8 Å². The first-order valence-corrected chi connectivity index (χ1v) is 6.33. The highest BCUT2D eigenvalue weighted by atomic mass is 16.5. The van der Waals surface area contributed by atoms with Gasteiger partial charge in [-0.1, -0.05) is 0 Å². The number of aromatic hydroxyl groups is 1. The Hall–Kier alpha value is -1.22. The van der Waals surface area contributed by atoms with Crippen LogP contribution >= 0.6 is 0 Å². The fourth-order valence-electron chi connectivity index (χ4n) is 2.58. The Morgan fingerprint density at radius 1 is 1.29 bits per heavy atom. The third-order valence-corrected chi connectivity index (χ3v) is 3.52. The van der Waals surface area contributed by atoms with Crippen LogP contribution in [0, 0.1) is 0 Å². The summed E-state index contributed by atoms with van der Waals surface area (Å²) in [5.41, 5.74) is 3.32. The highest BCUT2D eigenvalue weighted by Crippen LogP contribution is 2.38. The van der Waals surface area contributed by atoms with Gasteiger partial charge in [0.25, 0.3) is 0 Å². The van der Waals surface area contributed by atoms with Crippen LogP contribution in [0.15, 0.2) is 6.07 Å². The monoisotopic (exact) mass is 235 g/mol. The number of benzene rings is 1. The van der Waals surface area contributed by atoms with Crippen LogP contribution in [0.25, 0.3) is 0 Å². The van der Waals surface area contributed by atoms with Crippen LogP contribution in [0.5, 0.6) is 11.5 Å². The van der Waals surface area contributed by atoms with E-state index < -0.39 is 0 Å². The van der Waals surface area contributed by atoms with Gasteiger partial charge in [-0.25, -0.2) is 0 Å². The number of likely N-dealkylation sites (N-methyl/N-ethyl adjacent to an activating group) is 1. The second-order valence-electron chi connectivity index (χ2n) is 4.60. The molecule has 0 aliphatic heterocycles. The van der Waals surface area contributed by atoms with Crippen molar-refractivity contribution in [2.75, 3.05) is 20.7 Å². The first kappa shape index (κ1) is 12.2. The van der Waals surface area contributed by atoms with Crippen LogP contribution in [0.3, 0.4) is 0 Å². The fraction of sp³-hybridized carbons (Fsp3) is 0.571. The number of hydrogen-bond acceptors (Lipinski definition) is 3. The number of phenolic OH excluding ortho intramolecular Hbond substituents is 1. The van der Waals surface area contributed by atoms with Crippen LogP contribution in [0.2, 0.25) is 0 Å². The van der Waals surface area contributed by atoms with Crippen LogP contribution < -0.4 is 10.1 Å². The molecule has 1 aromatic carbocycles. The molecule has 0 aromatic heterocycles. The molecule has 3 nitrogen and oxygen atoms in total. The van der Waals surface area contributed by atoms with E-state index in [9.17, 15) is 5.11 Å². The molecule has 0 radical (unpaired) electrons. The number of nitrogens with one attached hydrogen (secondary N) is 1. The van der Waals surface area contributed by atoms with Crippen LogP contribution in [0.1, 0.15) is 29.5 Å². The topological polar surface area (TPSA) is 41.5 Å². The molecule has 1 aromatic rings. The van der Waals surface area contributed by atoms with Crippen molar-refractivity contribution in [3.63, 3.8) is 0 Å². The Bertz CT molecular complexity index is 402.